The van der Waals surface area contributed by atoms with Crippen LogP contribution in [0.4, 0.5) is 0 Å². The molecule has 0 aliphatic carbocycles. The Morgan fingerprint density at radius 1 is 1.11 bits per heavy atom. The maximum Gasteiger partial charge on any atom is 0.279 e. The van der Waals surface area contributed by atoms with Crippen LogP contribution in [0, 0.1) is 0 Å². The third-order valence-electron chi connectivity index (χ3n) is 5.81. The zero-order valence-corrected chi connectivity index (χ0v) is 22.0. The fraction of sp³-hybridized carbons (Fsp3) is 0.417. The highest BCUT2D eigenvalue weighted by molar-refractivity contribution is 7.89. The molecule has 2 atom stereocenters. The molecule has 35 heavy (non-hydrogen) atoms. The van der Waals surface area contributed by atoms with E-state index >= 15 is 0 Å². The minimum atomic E-state index is -3.69. The minimum absolute atomic E-state index is 0.137. The molecule has 1 aromatic heterocycles. The van der Waals surface area contributed by atoms with E-state index in [-0.39, 0.29) is 17.1 Å². The van der Waals surface area contributed by atoms with Gasteiger partial charge in [-0.25, -0.2) is 8.42 Å². The van der Waals surface area contributed by atoms with Crippen LogP contribution in [0.25, 0.3) is 10.2 Å². The number of benzene rings is 2. The van der Waals surface area contributed by atoms with Crippen molar-refractivity contribution in [3.05, 3.63) is 46.8 Å². The lowest BCUT2D eigenvalue weighted by Crippen LogP contribution is -2.48. The van der Waals surface area contributed by atoms with E-state index in [1.165, 1.54) is 39.9 Å². The summed E-state index contributed by atoms with van der Waals surface area (Å²) in [7, 11) is -0.519. The minimum Gasteiger partial charge on any atom is -0.497 e. The van der Waals surface area contributed by atoms with E-state index in [0.717, 1.165) is 10.2 Å². The molecule has 0 bridgehead atoms. The van der Waals surface area contributed by atoms with Crippen molar-refractivity contribution in [2.24, 2.45) is 4.99 Å². The van der Waals surface area contributed by atoms with Crippen LogP contribution in [-0.4, -0.2) is 62.7 Å². The number of hydrogen-bond donors (Lipinski definition) is 0. The first-order valence-corrected chi connectivity index (χ1v) is 13.5. The summed E-state index contributed by atoms with van der Waals surface area (Å²) < 4.78 is 46.9. The van der Waals surface area contributed by atoms with Gasteiger partial charge < -0.3 is 18.8 Å². The number of nitrogens with zero attached hydrogens (tertiary/aromatic N) is 3. The molecule has 2 heterocycles. The first kappa shape index (κ1) is 25.4. The van der Waals surface area contributed by atoms with Crippen molar-refractivity contribution in [2.75, 3.05) is 27.3 Å². The predicted molar refractivity (Wildman–Crippen MR) is 134 cm³/mol. The van der Waals surface area contributed by atoms with E-state index in [0.29, 0.717) is 41.5 Å². The van der Waals surface area contributed by atoms with Crippen LogP contribution in [0.2, 0.25) is 0 Å². The Hall–Kier alpha value is -2.73. The Morgan fingerprint density at radius 2 is 1.77 bits per heavy atom. The molecule has 11 heteroatoms. The van der Waals surface area contributed by atoms with Crippen molar-refractivity contribution in [3.8, 4) is 11.5 Å². The smallest absolute Gasteiger partial charge is 0.279 e. The van der Waals surface area contributed by atoms with Gasteiger partial charge in [0.25, 0.3) is 5.91 Å². The molecule has 4 rings (SSSR count). The topological polar surface area (TPSA) is 99.4 Å². The average molecular weight is 520 g/mol. The molecule has 1 aliphatic heterocycles. The van der Waals surface area contributed by atoms with Gasteiger partial charge in [0.05, 0.1) is 36.0 Å². The number of hydrogen-bond acceptors (Lipinski definition) is 7. The van der Waals surface area contributed by atoms with Gasteiger partial charge in [-0.1, -0.05) is 11.3 Å². The molecule has 0 N–H and O–H groups in total. The van der Waals surface area contributed by atoms with E-state index in [1.807, 2.05) is 31.4 Å². The lowest BCUT2D eigenvalue weighted by molar-refractivity contribution is -0.0440. The Kier molecular flexibility index (Phi) is 7.32. The van der Waals surface area contributed by atoms with Crippen molar-refractivity contribution in [1.82, 2.24) is 8.87 Å². The Labute approximate surface area is 208 Å². The summed E-state index contributed by atoms with van der Waals surface area (Å²) in [6, 6.07) is 9.58. The van der Waals surface area contributed by atoms with E-state index in [2.05, 4.69) is 4.99 Å². The summed E-state index contributed by atoms with van der Waals surface area (Å²) in [5, 5.41) is 0. The number of aryl methyl sites for hydroxylation is 1. The molecule has 2 unspecified atom stereocenters. The van der Waals surface area contributed by atoms with Crippen molar-refractivity contribution in [3.63, 3.8) is 0 Å². The maximum absolute atomic E-state index is 13.1. The normalized spacial score (nSPS) is 19.7. The first-order chi connectivity index (χ1) is 16.7. The standard InChI is InChI=1S/C24H29N3O6S2/c1-6-27-22-20(32-5)11-18(31-4)12-21(22)34-24(27)25-23(28)17-7-9-19(10-8-17)35(29,30)26-13-15(2)33-16(3)14-26/h7-12,15-16H,6,13-14H2,1-5H3. The number of methoxy groups -OCH3 is 2. The van der Waals surface area contributed by atoms with Gasteiger partial charge >= 0.3 is 0 Å². The number of rotatable bonds is 6. The third kappa shape index (κ3) is 4.99. The van der Waals surface area contributed by atoms with Crippen LogP contribution >= 0.6 is 11.3 Å². The van der Waals surface area contributed by atoms with Gasteiger partial charge in [0, 0.05) is 31.3 Å². The molecule has 1 aliphatic rings. The van der Waals surface area contributed by atoms with Gasteiger partial charge in [0.15, 0.2) is 4.80 Å². The van der Waals surface area contributed by atoms with Crippen LogP contribution in [0.5, 0.6) is 11.5 Å². The van der Waals surface area contributed by atoms with Crippen molar-refractivity contribution < 1.29 is 27.4 Å². The molecule has 1 amide bonds. The zero-order chi connectivity index (χ0) is 25.3. The molecule has 0 saturated carbocycles. The molecule has 1 saturated heterocycles. The third-order valence-corrected chi connectivity index (χ3v) is 8.68. The van der Waals surface area contributed by atoms with Crippen LogP contribution in [0.15, 0.2) is 46.3 Å². The van der Waals surface area contributed by atoms with Gasteiger partial charge in [0.2, 0.25) is 10.0 Å². The number of morpholine rings is 1. The lowest BCUT2D eigenvalue weighted by Gasteiger charge is -2.34. The summed E-state index contributed by atoms with van der Waals surface area (Å²) in [6.45, 7) is 6.84. The number of sulfonamides is 1. The Balaban J connectivity index is 1.66. The summed E-state index contributed by atoms with van der Waals surface area (Å²) in [6.07, 6.45) is -0.364. The highest BCUT2D eigenvalue weighted by atomic mass is 32.2. The highest BCUT2D eigenvalue weighted by Gasteiger charge is 2.32. The number of aromatic nitrogens is 1. The Morgan fingerprint density at radius 3 is 2.34 bits per heavy atom. The number of amides is 1. The van der Waals surface area contributed by atoms with Crippen molar-refractivity contribution >= 4 is 37.5 Å². The second-order valence-electron chi connectivity index (χ2n) is 8.33. The van der Waals surface area contributed by atoms with E-state index < -0.39 is 15.9 Å². The number of thiazole rings is 1. The van der Waals surface area contributed by atoms with Crippen molar-refractivity contribution in [2.45, 2.75) is 44.4 Å². The fourth-order valence-corrected chi connectivity index (χ4v) is 6.93. The monoisotopic (exact) mass is 519 g/mol. The van der Waals surface area contributed by atoms with Crippen LogP contribution in [0.1, 0.15) is 31.1 Å². The predicted octanol–water partition coefficient (Wildman–Crippen LogP) is 3.28. The van der Waals surface area contributed by atoms with Gasteiger partial charge in [-0.05, 0) is 51.1 Å². The largest absolute Gasteiger partial charge is 0.497 e. The average Bonchev–Trinajstić information content (AvgIpc) is 3.19. The number of carbonyl (C=O) groups is 1. The number of fused-ring (bicyclic) bond motifs is 1. The molecule has 0 spiro atoms. The number of ether oxygens (including phenoxy) is 3. The summed E-state index contributed by atoms with van der Waals surface area (Å²) >= 11 is 1.36. The molecule has 1 fully saturated rings. The van der Waals surface area contributed by atoms with Crippen LogP contribution in [-0.2, 0) is 21.3 Å². The summed E-state index contributed by atoms with van der Waals surface area (Å²) in [5.74, 6) is 0.826. The molecule has 9 nitrogen and oxygen atoms in total. The molecule has 2 aromatic carbocycles. The van der Waals surface area contributed by atoms with E-state index in [4.69, 9.17) is 14.2 Å². The molecular formula is C24H29N3O6S2. The second kappa shape index (κ2) is 10.1. The molecule has 188 valence electrons. The molecule has 0 radical (unpaired) electrons. The van der Waals surface area contributed by atoms with E-state index in [1.54, 1.807) is 20.3 Å². The van der Waals surface area contributed by atoms with Gasteiger partial charge in [-0.2, -0.15) is 9.30 Å². The number of carbonyl (C=O) groups excluding carboxylic acids is 1. The highest BCUT2D eigenvalue weighted by Crippen LogP contribution is 2.32. The van der Waals surface area contributed by atoms with Crippen LogP contribution < -0.4 is 14.3 Å². The van der Waals surface area contributed by atoms with Crippen LogP contribution in [0.3, 0.4) is 0 Å². The lowest BCUT2D eigenvalue weighted by atomic mass is 10.2. The molecular weight excluding hydrogens is 490 g/mol. The summed E-state index contributed by atoms with van der Waals surface area (Å²) in [5.41, 5.74) is 1.14. The first-order valence-electron chi connectivity index (χ1n) is 11.3. The SMILES string of the molecule is CCn1c(=NC(=O)c2ccc(S(=O)(=O)N3CC(C)OC(C)C3)cc2)sc2cc(OC)cc(OC)c21. The Bertz CT molecular complexity index is 1400. The van der Waals surface area contributed by atoms with E-state index in [9.17, 15) is 13.2 Å². The fourth-order valence-electron chi connectivity index (χ4n) is 4.20. The van der Waals surface area contributed by atoms with Gasteiger partial charge in [-0.3, -0.25) is 4.79 Å². The van der Waals surface area contributed by atoms with Gasteiger partial charge in [-0.15, -0.1) is 0 Å². The molecule has 3 aromatic rings. The van der Waals surface area contributed by atoms with Gasteiger partial charge in [0.1, 0.15) is 17.0 Å². The van der Waals surface area contributed by atoms with Crippen molar-refractivity contribution in [1.29, 1.82) is 0 Å². The quantitative estimate of drug-likeness (QED) is 0.496. The maximum atomic E-state index is 13.1. The zero-order valence-electron chi connectivity index (χ0n) is 20.3. The second-order valence-corrected chi connectivity index (χ2v) is 11.3. The summed E-state index contributed by atoms with van der Waals surface area (Å²) in [4.78, 5) is 18.0.